The van der Waals surface area contributed by atoms with Crippen molar-refractivity contribution in [2.45, 2.75) is 32.1 Å². The molecule has 1 saturated heterocycles. The van der Waals surface area contributed by atoms with Gasteiger partial charge in [-0.2, -0.15) is 0 Å². The largest absolute Gasteiger partial charge is 0.343 e. The van der Waals surface area contributed by atoms with E-state index in [0.29, 0.717) is 12.0 Å². The average molecular weight is 302 g/mol. The van der Waals surface area contributed by atoms with Crippen molar-refractivity contribution >= 4 is 17.4 Å². The molecule has 1 aromatic carbocycles. The first-order valence-corrected chi connectivity index (χ1v) is 7.65. The Bertz CT molecular complexity index is 635. The fourth-order valence-corrected chi connectivity index (χ4v) is 3.31. The molecular weight excluding hydrogens is 284 g/mol. The maximum absolute atomic E-state index is 12.4. The Morgan fingerprint density at radius 2 is 2.00 bits per heavy atom. The first kappa shape index (κ1) is 14.7. The smallest absolute Gasteiger partial charge is 0.270 e. The van der Waals surface area contributed by atoms with Crippen molar-refractivity contribution in [3.63, 3.8) is 0 Å². The Hall–Kier alpha value is -2.24. The van der Waals surface area contributed by atoms with E-state index in [0.717, 1.165) is 37.9 Å². The lowest BCUT2D eigenvalue weighted by Gasteiger charge is -2.27. The van der Waals surface area contributed by atoms with Crippen LogP contribution in [0.25, 0.3) is 0 Å². The van der Waals surface area contributed by atoms with Crippen LogP contribution in [-0.4, -0.2) is 34.6 Å². The van der Waals surface area contributed by atoms with Crippen LogP contribution in [0.3, 0.4) is 0 Å². The predicted octanol–water partition coefficient (Wildman–Crippen LogP) is 2.35. The third-order valence-electron chi connectivity index (χ3n) is 4.54. The normalized spacial score (nSPS) is 20.8. The van der Waals surface area contributed by atoms with E-state index in [9.17, 15) is 19.7 Å². The molecule has 1 heterocycles. The van der Waals surface area contributed by atoms with Crippen LogP contribution in [0.15, 0.2) is 18.2 Å². The maximum Gasteiger partial charge on any atom is 0.270 e. The lowest BCUT2D eigenvalue weighted by molar-refractivity contribution is -0.384. The van der Waals surface area contributed by atoms with Crippen molar-refractivity contribution in [1.29, 1.82) is 0 Å². The summed E-state index contributed by atoms with van der Waals surface area (Å²) in [6.07, 6.45) is 3.92. The number of hydrogen-bond donors (Lipinski definition) is 0. The average Bonchev–Trinajstić information content (AvgIpc) is 2.84. The van der Waals surface area contributed by atoms with E-state index in [1.165, 1.54) is 12.1 Å². The van der Waals surface area contributed by atoms with Crippen LogP contribution in [0.1, 0.15) is 41.6 Å². The molecule has 22 heavy (non-hydrogen) atoms. The van der Waals surface area contributed by atoms with E-state index in [4.69, 9.17) is 0 Å². The van der Waals surface area contributed by atoms with Gasteiger partial charge in [-0.15, -0.1) is 0 Å². The van der Waals surface area contributed by atoms with E-state index in [2.05, 4.69) is 0 Å². The fourth-order valence-electron chi connectivity index (χ4n) is 3.31. The zero-order valence-corrected chi connectivity index (χ0v) is 12.3. The minimum atomic E-state index is -0.500. The standard InChI is InChI=1S/C16H18N2O4/c19-15(17-6-2-1-3-7-17)9-12-8-11-4-5-13(18(21)22)10-14(11)16(12)20/h4-5,10,12H,1-3,6-9H2. The zero-order valence-electron chi connectivity index (χ0n) is 12.3. The number of carbonyl (C=O) groups excluding carboxylic acids is 2. The summed E-state index contributed by atoms with van der Waals surface area (Å²) < 4.78 is 0. The minimum Gasteiger partial charge on any atom is -0.343 e. The zero-order chi connectivity index (χ0) is 15.7. The van der Waals surface area contributed by atoms with Crippen LogP contribution in [0, 0.1) is 16.0 Å². The second-order valence-corrected chi connectivity index (χ2v) is 6.01. The molecule has 1 aliphatic heterocycles. The molecule has 0 N–H and O–H groups in total. The van der Waals surface area contributed by atoms with Gasteiger partial charge in [-0.25, -0.2) is 0 Å². The molecule has 1 aromatic rings. The quantitative estimate of drug-likeness (QED) is 0.634. The summed E-state index contributed by atoms with van der Waals surface area (Å²) in [5, 5.41) is 10.8. The monoisotopic (exact) mass is 302 g/mol. The van der Waals surface area contributed by atoms with Gasteiger partial charge in [-0.3, -0.25) is 19.7 Å². The number of rotatable bonds is 3. The third kappa shape index (κ3) is 2.73. The molecule has 1 fully saturated rings. The fraction of sp³-hybridized carbons (Fsp3) is 0.500. The Balaban J connectivity index is 1.71. The Morgan fingerprint density at radius 3 is 2.68 bits per heavy atom. The second-order valence-electron chi connectivity index (χ2n) is 6.01. The highest BCUT2D eigenvalue weighted by atomic mass is 16.6. The molecule has 1 atom stereocenters. The van der Waals surface area contributed by atoms with Gasteiger partial charge in [-0.05, 0) is 31.2 Å². The lowest BCUT2D eigenvalue weighted by atomic mass is 9.99. The molecule has 1 aliphatic carbocycles. The number of nitro groups is 1. The number of likely N-dealkylation sites (tertiary alicyclic amines) is 1. The summed E-state index contributed by atoms with van der Waals surface area (Å²) in [5.74, 6) is -0.476. The van der Waals surface area contributed by atoms with Crippen LogP contribution >= 0.6 is 0 Å². The van der Waals surface area contributed by atoms with Gasteiger partial charge in [0.2, 0.25) is 5.91 Å². The predicted molar refractivity (Wildman–Crippen MR) is 79.7 cm³/mol. The van der Waals surface area contributed by atoms with Crippen molar-refractivity contribution in [2.75, 3.05) is 13.1 Å². The number of non-ortho nitro benzene ring substituents is 1. The van der Waals surface area contributed by atoms with E-state index >= 15 is 0 Å². The SMILES string of the molecule is O=C1c2cc([N+](=O)[O-])ccc2CC1CC(=O)N1CCCCC1. The molecule has 6 nitrogen and oxygen atoms in total. The van der Waals surface area contributed by atoms with Gasteiger partial charge in [-0.1, -0.05) is 6.07 Å². The topological polar surface area (TPSA) is 80.5 Å². The number of fused-ring (bicyclic) bond motifs is 1. The van der Waals surface area contributed by atoms with Gasteiger partial charge >= 0.3 is 0 Å². The molecule has 1 unspecified atom stereocenters. The van der Waals surface area contributed by atoms with Crippen molar-refractivity contribution in [3.8, 4) is 0 Å². The van der Waals surface area contributed by atoms with Crippen molar-refractivity contribution in [3.05, 3.63) is 39.4 Å². The summed E-state index contributed by atoms with van der Waals surface area (Å²) in [6, 6.07) is 4.39. The molecule has 0 aromatic heterocycles. The van der Waals surface area contributed by atoms with Crippen LogP contribution in [-0.2, 0) is 11.2 Å². The van der Waals surface area contributed by atoms with Crippen molar-refractivity contribution < 1.29 is 14.5 Å². The summed E-state index contributed by atoms with van der Waals surface area (Å²) in [4.78, 5) is 36.8. The van der Waals surface area contributed by atoms with E-state index < -0.39 is 4.92 Å². The molecule has 0 spiro atoms. The molecular formula is C16H18N2O4. The van der Waals surface area contributed by atoms with Gasteiger partial charge in [0, 0.05) is 43.1 Å². The number of amides is 1. The number of nitro benzene ring substituents is 1. The van der Waals surface area contributed by atoms with Crippen LogP contribution in [0.4, 0.5) is 5.69 Å². The number of carbonyl (C=O) groups is 2. The molecule has 116 valence electrons. The Labute approximate surface area is 128 Å². The summed E-state index contributed by atoms with van der Waals surface area (Å²) >= 11 is 0. The van der Waals surface area contributed by atoms with Gasteiger partial charge in [0.05, 0.1) is 4.92 Å². The number of nitrogens with zero attached hydrogens (tertiary/aromatic N) is 2. The Kier molecular flexibility index (Phi) is 3.92. The van der Waals surface area contributed by atoms with Crippen LogP contribution in [0.2, 0.25) is 0 Å². The van der Waals surface area contributed by atoms with E-state index in [1.54, 1.807) is 6.07 Å². The van der Waals surface area contributed by atoms with Gasteiger partial charge in [0.25, 0.3) is 5.69 Å². The highest BCUT2D eigenvalue weighted by Gasteiger charge is 2.34. The number of ketones is 1. The molecule has 1 amide bonds. The molecule has 0 saturated carbocycles. The van der Waals surface area contributed by atoms with Crippen molar-refractivity contribution in [1.82, 2.24) is 4.90 Å². The number of Topliss-reactive ketones (excluding diaryl/α,β-unsaturated/α-hetero) is 1. The first-order chi connectivity index (χ1) is 10.6. The second kappa shape index (κ2) is 5.87. The van der Waals surface area contributed by atoms with Gasteiger partial charge in [0.15, 0.2) is 5.78 Å². The van der Waals surface area contributed by atoms with Crippen LogP contribution < -0.4 is 0 Å². The maximum atomic E-state index is 12.4. The number of hydrogen-bond acceptors (Lipinski definition) is 4. The highest BCUT2D eigenvalue weighted by molar-refractivity contribution is 6.04. The third-order valence-corrected chi connectivity index (χ3v) is 4.54. The Morgan fingerprint density at radius 1 is 1.27 bits per heavy atom. The summed E-state index contributed by atoms with van der Waals surface area (Å²) in [5.41, 5.74) is 1.15. The van der Waals surface area contributed by atoms with Crippen LogP contribution in [0.5, 0.6) is 0 Å². The minimum absolute atomic E-state index is 0.0281. The van der Waals surface area contributed by atoms with Gasteiger partial charge < -0.3 is 4.90 Å². The molecule has 3 rings (SSSR count). The first-order valence-electron chi connectivity index (χ1n) is 7.65. The molecule has 2 aliphatic rings. The van der Waals surface area contributed by atoms with Gasteiger partial charge in [0.1, 0.15) is 0 Å². The van der Waals surface area contributed by atoms with E-state index in [1.807, 2.05) is 4.90 Å². The summed E-state index contributed by atoms with van der Waals surface area (Å²) in [6.45, 7) is 1.55. The molecule has 6 heteroatoms. The highest BCUT2D eigenvalue weighted by Crippen LogP contribution is 2.32. The summed E-state index contributed by atoms with van der Waals surface area (Å²) in [7, 11) is 0. The molecule has 0 radical (unpaired) electrons. The number of benzene rings is 1. The van der Waals surface area contributed by atoms with E-state index in [-0.39, 0.29) is 29.7 Å². The van der Waals surface area contributed by atoms with Crippen molar-refractivity contribution in [2.24, 2.45) is 5.92 Å². The molecule has 0 bridgehead atoms. The lowest BCUT2D eigenvalue weighted by Crippen LogP contribution is -2.37. The number of piperidine rings is 1.